The molecule has 2 N–H and O–H groups in total. The van der Waals surface area contributed by atoms with Crippen molar-refractivity contribution in [2.45, 2.75) is 116 Å². The minimum atomic E-state index is -4.30. The molecule has 0 spiro atoms. The van der Waals surface area contributed by atoms with Gasteiger partial charge < -0.3 is 19.0 Å². The van der Waals surface area contributed by atoms with E-state index in [0.717, 1.165) is 34.1 Å². The maximum absolute atomic E-state index is 14.9. The van der Waals surface area contributed by atoms with Gasteiger partial charge in [-0.1, -0.05) is 6.92 Å². The number of fused-ring (bicyclic) bond motifs is 1. The van der Waals surface area contributed by atoms with Crippen molar-refractivity contribution in [2.75, 3.05) is 0 Å². The van der Waals surface area contributed by atoms with Crippen molar-refractivity contribution in [1.29, 1.82) is 0 Å². The zero-order valence-electron chi connectivity index (χ0n) is 30.3. The number of aromatic nitrogens is 3. The monoisotopic (exact) mass is 784 g/mol. The minimum Gasteiger partial charge on any atom is -0.444 e. The summed E-state index contributed by atoms with van der Waals surface area (Å²) in [5, 5.41) is 10.6. The number of carbonyl (C=O) groups excluding carboxylic acids is 1. The number of ether oxygens (including phenoxy) is 2. The molecule has 4 atom stereocenters. The third-order valence-electron chi connectivity index (χ3n) is 9.42. The highest BCUT2D eigenvalue weighted by atomic mass is 32.2. The van der Waals surface area contributed by atoms with Crippen molar-refractivity contribution < 1.29 is 45.4 Å². The molecule has 4 aromatic rings. The smallest absolute Gasteiger partial charge is 0.387 e. The van der Waals surface area contributed by atoms with E-state index in [9.17, 15) is 41.1 Å². The minimum absolute atomic E-state index is 0.0390. The summed E-state index contributed by atoms with van der Waals surface area (Å²) in [7, 11) is -4.30. The highest BCUT2D eigenvalue weighted by Gasteiger charge is 2.41. The lowest BCUT2D eigenvalue weighted by molar-refractivity contribution is -0.126. The molecular weight excluding hydrogens is 742 g/mol. The van der Waals surface area contributed by atoms with Crippen LogP contribution in [0.4, 0.5) is 13.2 Å². The Morgan fingerprint density at radius 2 is 1.87 bits per heavy atom. The molecule has 1 unspecified atom stereocenters. The Kier molecular flexibility index (Phi) is 11.4. The fourth-order valence-corrected chi connectivity index (χ4v) is 8.34. The molecule has 1 aliphatic rings. The number of benzene rings is 1. The zero-order chi connectivity index (χ0) is 39.2. The van der Waals surface area contributed by atoms with E-state index in [1.165, 1.54) is 47.1 Å². The number of aliphatic hydroxyl groups excluding tert-OH is 1. The molecule has 18 heteroatoms. The first kappa shape index (κ1) is 40.2. The van der Waals surface area contributed by atoms with Gasteiger partial charge in [0.05, 0.1) is 40.0 Å². The second kappa shape index (κ2) is 15.0. The van der Waals surface area contributed by atoms with Crippen molar-refractivity contribution >= 4 is 37.5 Å². The molecule has 1 fully saturated rings. The van der Waals surface area contributed by atoms with Crippen LogP contribution >= 0.6 is 11.3 Å². The molecule has 53 heavy (non-hydrogen) atoms. The van der Waals surface area contributed by atoms with Gasteiger partial charge >= 0.3 is 12.3 Å². The van der Waals surface area contributed by atoms with Gasteiger partial charge in [0.15, 0.2) is 0 Å². The first-order valence-corrected chi connectivity index (χ1v) is 19.3. The Morgan fingerprint density at radius 3 is 2.49 bits per heavy atom. The number of aliphatic hydroxyl groups is 1. The Hall–Kier alpha value is -4.00. The van der Waals surface area contributed by atoms with Crippen molar-refractivity contribution in [3.8, 4) is 16.5 Å². The lowest BCUT2D eigenvalue weighted by atomic mass is 10.0. The second-order valence-electron chi connectivity index (χ2n) is 14.8. The van der Waals surface area contributed by atoms with Crippen molar-refractivity contribution in [3.63, 3.8) is 0 Å². The summed E-state index contributed by atoms with van der Waals surface area (Å²) >= 11 is 0.959. The van der Waals surface area contributed by atoms with Gasteiger partial charge in [0.2, 0.25) is 15.9 Å². The van der Waals surface area contributed by atoms with Gasteiger partial charge in [0.25, 0.3) is 11.5 Å². The average molecular weight is 785 g/mol. The summed E-state index contributed by atoms with van der Waals surface area (Å²) in [4.78, 5) is 47.5. The molecule has 1 amide bonds. The molecular formula is C35H43F3N4O9S2. The standard InChI is InChI=1S/C35H43F3N4O9S2/c1-18-8-10-21(43)16-22(14-18)50-25(23-15-20(36)9-11-24(23)51-32(37)38)17-41-30-26(19(2)27(52-30)28-39-12-13-49-28)29(44)42(33(41)46)35(6,7)31(45)40-53(47,48)34(3,4)5/h9,11-13,15,18,21-22,25,32,43H,8,10,14,16-17H2,1-7H3,(H,40,45)/t18-,21?,22-,25-/m0/s1. The molecule has 3 aromatic heterocycles. The van der Waals surface area contributed by atoms with E-state index in [4.69, 9.17) is 13.9 Å². The molecule has 0 saturated heterocycles. The molecule has 1 aromatic carbocycles. The molecule has 0 radical (unpaired) electrons. The SMILES string of the molecule is Cc1c(-c2ncco2)sc2c1c(=O)n(C(C)(C)C(=O)NS(=O)(=O)C(C)(C)C)c(=O)n2C[C@H](O[C@@H]1CC(O)CC[C@H](C)C1)c1cc(F)ccc1OC(F)F. The molecule has 0 bridgehead atoms. The van der Waals surface area contributed by atoms with E-state index in [0.29, 0.717) is 34.3 Å². The van der Waals surface area contributed by atoms with E-state index in [1.807, 2.05) is 11.6 Å². The van der Waals surface area contributed by atoms with Crippen molar-refractivity contribution in [3.05, 3.63) is 68.4 Å². The number of hydrogen-bond donors (Lipinski definition) is 2. The summed E-state index contributed by atoms with van der Waals surface area (Å²) < 4.78 is 87.4. The van der Waals surface area contributed by atoms with E-state index >= 15 is 0 Å². The van der Waals surface area contributed by atoms with E-state index in [2.05, 4.69) is 4.98 Å². The van der Waals surface area contributed by atoms with Crippen LogP contribution in [0.25, 0.3) is 21.0 Å². The third kappa shape index (κ3) is 8.24. The maximum atomic E-state index is 14.9. The van der Waals surface area contributed by atoms with Gasteiger partial charge in [-0.2, -0.15) is 8.78 Å². The Balaban J connectivity index is 1.78. The number of nitrogens with one attached hydrogen (secondary N) is 1. The first-order valence-electron chi connectivity index (χ1n) is 17.0. The number of rotatable bonds is 11. The summed E-state index contributed by atoms with van der Waals surface area (Å²) in [5.74, 6) is -2.21. The van der Waals surface area contributed by atoms with Gasteiger partial charge in [-0.15, -0.1) is 11.3 Å². The van der Waals surface area contributed by atoms with Crippen LogP contribution in [0.1, 0.15) is 84.5 Å². The molecule has 5 rings (SSSR count). The van der Waals surface area contributed by atoms with E-state index < -0.39 is 80.5 Å². The highest BCUT2D eigenvalue weighted by Crippen LogP contribution is 2.39. The number of hydrogen-bond acceptors (Lipinski definition) is 11. The highest BCUT2D eigenvalue weighted by molar-refractivity contribution is 7.91. The topological polar surface area (TPSA) is 172 Å². The lowest BCUT2D eigenvalue weighted by Crippen LogP contribution is -2.58. The second-order valence-corrected chi connectivity index (χ2v) is 18.3. The Morgan fingerprint density at radius 1 is 1.17 bits per heavy atom. The predicted molar refractivity (Wildman–Crippen MR) is 191 cm³/mol. The number of alkyl halides is 2. The summed E-state index contributed by atoms with van der Waals surface area (Å²) in [6.45, 7) is 6.24. The average Bonchev–Trinajstić information content (AvgIpc) is 3.65. The summed E-state index contributed by atoms with van der Waals surface area (Å²) in [6.07, 6.45) is 1.67. The fraction of sp³-hybridized carbons (Fsp3) is 0.543. The van der Waals surface area contributed by atoms with Gasteiger partial charge in [0.1, 0.15) is 34.3 Å². The first-order chi connectivity index (χ1) is 24.6. The number of halogens is 3. The van der Waals surface area contributed by atoms with Crippen LogP contribution in [0.2, 0.25) is 0 Å². The number of oxazole rings is 1. The molecule has 1 saturated carbocycles. The van der Waals surface area contributed by atoms with Crippen molar-refractivity contribution in [1.82, 2.24) is 18.8 Å². The number of sulfonamides is 1. The van der Waals surface area contributed by atoms with Crippen LogP contribution in [0.15, 0.2) is 44.7 Å². The molecule has 1 aliphatic carbocycles. The van der Waals surface area contributed by atoms with Crippen molar-refractivity contribution in [2.24, 2.45) is 5.92 Å². The molecule has 0 aliphatic heterocycles. The number of aryl methyl sites for hydroxylation is 1. The van der Waals surface area contributed by atoms with E-state index in [1.54, 1.807) is 6.92 Å². The van der Waals surface area contributed by atoms with Crippen LogP contribution < -0.4 is 20.7 Å². The maximum Gasteiger partial charge on any atom is 0.387 e. The molecule has 290 valence electrons. The van der Waals surface area contributed by atoms with Gasteiger partial charge in [-0.25, -0.2) is 27.2 Å². The summed E-state index contributed by atoms with van der Waals surface area (Å²) in [6, 6.07) is 2.89. The van der Waals surface area contributed by atoms with Crippen LogP contribution in [0.5, 0.6) is 5.75 Å². The molecule has 13 nitrogen and oxygen atoms in total. The number of nitrogens with zero attached hydrogens (tertiary/aromatic N) is 3. The molecule has 3 heterocycles. The number of thiophene rings is 1. The zero-order valence-corrected chi connectivity index (χ0v) is 31.9. The van der Waals surface area contributed by atoms with Gasteiger partial charge in [-0.3, -0.25) is 18.9 Å². The fourth-order valence-electron chi connectivity index (χ4n) is 6.30. The van der Waals surface area contributed by atoms with Gasteiger partial charge in [0, 0.05) is 5.56 Å². The quantitative estimate of drug-likeness (QED) is 0.182. The number of carbonyl (C=O) groups is 1. The van der Waals surface area contributed by atoms with Crippen LogP contribution in [-0.4, -0.2) is 57.1 Å². The van der Waals surface area contributed by atoms with Crippen LogP contribution in [0.3, 0.4) is 0 Å². The normalized spacial score (nSPS) is 19.4. The largest absolute Gasteiger partial charge is 0.444 e. The van der Waals surface area contributed by atoms with E-state index in [-0.39, 0.29) is 34.0 Å². The summed E-state index contributed by atoms with van der Waals surface area (Å²) in [5.41, 5.74) is -3.98. The lowest BCUT2D eigenvalue weighted by Gasteiger charge is -2.30. The van der Waals surface area contributed by atoms with Crippen LogP contribution in [-0.2, 0) is 31.6 Å². The third-order valence-corrected chi connectivity index (χ3v) is 12.8. The predicted octanol–water partition coefficient (Wildman–Crippen LogP) is 5.61. The number of amides is 1. The Bertz CT molecular complexity index is 2200. The van der Waals surface area contributed by atoms with Gasteiger partial charge in [-0.05, 0) is 96.9 Å². The van der Waals surface area contributed by atoms with Crippen LogP contribution in [0, 0.1) is 18.7 Å². The Labute approximate surface area is 307 Å².